The molecule has 1 aliphatic rings. The number of rotatable bonds is 1. The molecule has 1 aromatic rings. The van der Waals surface area contributed by atoms with E-state index >= 15 is 0 Å². The van der Waals surface area contributed by atoms with Crippen LogP contribution in [0.2, 0.25) is 0 Å². The summed E-state index contributed by atoms with van der Waals surface area (Å²) in [6.45, 7) is 9.31. The van der Waals surface area contributed by atoms with Crippen molar-refractivity contribution in [2.24, 2.45) is 5.92 Å². The van der Waals surface area contributed by atoms with Crippen LogP contribution in [0.25, 0.3) is 0 Å². The molecule has 0 saturated heterocycles. The molecule has 1 nitrogen and oxygen atoms in total. The Kier molecular flexibility index (Phi) is 2.49. The van der Waals surface area contributed by atoms with Gasteiger partial charge >= 0.3 is 0 Å². The molecule has 3 atom stereocenters. The van der Waals surface area contributed by atoms with E-state index in [4.69, 9.17) is 0 Å². The Morgan fingerprint density at radius 1 is 1.27 bits per heavy atom. The van der Waals surface area contributed by atoms with Gasteiger partial charge in [-0.1, -0.05) is 39.0 Å². The zero-order valence-corrected chi connectivity index (χ0v) is 10.2. The molecule has 0 aromatic heterocycles. The highest BCUT2D eigenvalue weighted by molar-refractivity contribution is 5.57. The van der Waals surface area contributed by atoms with Crippen LogP contribution in [0.15, 0.2) is 24.3 Å². The maximum absolute atomic E-state index is 3.70. The molecule has 1 heteroatoms. The van der Waals surface area contributed by atoms with E-state index < -0.39 is 0 Å². The van der Waals surface area contributed by atoms with Crippen LogP contribution >= 0.6 is 0 Å². The van der Waals surface area contributed by atoms with Gasteiger partial charge in [-0.25, -0.2) is 0 Å². The molecule has 0 radical (unpaired) electrons. The summed E-state index contributed by atoms with van der Waals surface area (Å²) in [6.07, 6.45) is 1.17. The van der Waals surface area contributed by atoms with Gasteiger partial charge in [-0.3, -0.25) is 0 Å². The second-order valence-corrected chi connectivity index (χ2v) is 5.06. The zero-order chi connectivity index (χ0) is 11.1. The van der Waals surface area contributed by atoms with Crippen molar-refractivity contribution in [1.29, 1.82) is 0 Å². The van der Waals surface area contributed by atoms with Gasteiger partial charge in [-0.2, -0.15) is 0 Å². The molecule has 1 aliphatic heterocycles. The summed E-state index contributed by atoms with van der Waals surface area (Å²) in [5.74, 6) is 1.32. The Morgan fingerprint density at radius 2 is 1.93 bits per heavy atom. The van der Waals surface area contributed by atoms with Crippen molar-refractivity contribution < 1.29 is 0 Å². The van der Waals surface area contributed by atoms with E-state index in [0.29, 0.717) is 11.8 Å². The number of hydrogen-bond donors (Lipinski definition) is 1. The van der Waals surface area contributed by atoms with Crippen LogP contribution in [-0.2, 0) is 0 Å². The summed E-state index contributed by atoms with van der Waals surface area (Å²) in [6, 6.07) is 8.70. The summed E-state index contributed by atoms with van der Waals surface area (Å²) < 4.78 is 0. The molecule has 2 rings (SSSR count). The number of nitrogens with one attached hydrogen (secondary N) is 1. The first-order chi connectivity index (χ1) is 7.08. The minimum atomic E-state index is 0.244. The lowest BCUT2D eigenvalue weighted by Crippen LogP contribution is -2.46. The quantitative estimate of drug-likeness (QED) is 0.727. The molecule has 0 bridgehead atoms. The van der Waals surface area contributed by atoms with Crippen LogP contribution in [-0.4, -0.2) is 5.54 Å². The summed E-state index contributed by atoms with van der Waals surface area (Å²) in [5.41, 5.74) is 3.04. The standard InChI is InChI=1S/C14H21N/c1-5-14(4)11(3)10(2)12-8-6-7-9-13(12)15-14/h6-11,15H,5H2,1-4H3. The van der Waals surface area contributed by atoms with Crippen molar-refractivity contribution >= 4 is 5.69 Å². The van der Waals surface area contributed by atoms with Crippen molar-refractivity contribution in [2.75, 3.05) is 5.32 Å². The van der Waals surface area contributed by atoms with E-state index in [1.807, 2.05) is 0 Å². The van der Waals surface area contributed by atoms with Gasteiger partial charge in [0.25, 0.3) is 0 Å². The van der Waals surface area contributed by atoms with Crippen molar-refractivity contribution in [1.82, 2.24) is 0 Å². The summed E-state index contributed by atoms with van der Waals surface area (Å²) in [7, 11) is 0. The van der Waals surface area contributed by atoms with Gasteiger partial charge in [0.15, 0.2) is 0 Å². The molecule has 0 aliphatic carbocycles. The van der Waals surface area contributed by atoms with E-state index in [1.54, 1.807) is 0 Å². The first-order valence-electron chi connectivity index (χ1n) is 5.95. The van der Waals surface area contributed by atoms with Crippen molar-refractivity contribution in [3.8, 4) is 0 Å². The second-order valence-electron chi connectivity index (χ2n) is 5.06. The average molecular weight is 203 g/mol. The molecular formula is C14H21N. The summed E-state index contributed by atoms with van der Waals surface area (Å²) in [5, 5.41) is 3.70. The fraction of sp³-hybridized carbons (Fsp3) is 0.571. The highest BCUT2D eigenvalue weighted by Gasteiger charge is 2.38. The average Bonchev–Trinajstić information content (AvgIpc) is 2.26. The number of benzene rings is 1. The SMILES string of the molecule is CCC1(C)Nc2ccccc2C(C)C1C. The van der Waals surface area contributed by atoms with Crippen LogP contribution < -0.4 is 5.32 Å². The maximum Gasteiger partial charge on any atom is 0.0379 e. The molecule has 1 heterocycles. The van der Waals surface area contributed by atoms with E-state index in [2.05, 4.69) is 57.3 Å². The van der Waals surface area contributed by atoms with Gasteiger partial charge < -0.3 is 5.32 Å². The van der Waals surface area contributed by atoms with E-state index in [1.165, 1.54) is 17.7 Å². The van der Waals surface area contributed by atoms with Crippen LogP contribution in [0.5, 0.6) is 0 Å². The van der Waals surface area contributed by atoms with Crippen molar-refractivity contribution in [3.63, 3.8) is 0 Å². The highest BCUT2D eigenvalue weighted by Crippen LogP contribution is 2.43. The van der Waals surface area contributed by atoms with Gasteiger partial charge in [-0.05, 0) is 36.8 Å². The van der Waals surface area contributed by atoms with Gasteiger partial charge in [0, 0.05) is 11.2 Å². The third-order valence-corrected chi connectivity index (χ3v) is 4.36. The van der Waals surface area contributed by atoms with Crippen LogP contribution in [0, 0.1) is 5.92 Å². The molecule has 82 valence electrons. The minimum Gasteiger partial charge on any atom is -0.379 e. The van der Waals surface area contributed by atoms with E-state index in [-0.39, 0.29) is 5.54 Å². The predicted molar refractivity (Wildman–Crippen MR) is 66.3 cm³/mol. The lowest BCUT2D eigenvalue weighted by atomic mass is 9.71. The molecule has 15 heavy (non-hydrogen) atoms. The topological polar surface area (TPSA) is 12.0 Å². The predicted octanol–water partition coefficient (Wildman–Crippen LogP) is 4.02. The maximum atomic E-state index is 3.70. The molecule has 1 aromatic carbocycles. The largest absolute Gasteiger partial charge is 0.379 e. The Hall–Kier alpha value is -0.980. The van der Waals surface area contributed by atoms with Gasteiger partial charge in [0.05, 0.1) is 0 Å². The molecular weight excluding hydrogens is 182 g/mol. The highest BCUT2D eigenvalue weighted by atomic mass is 15.0. The van der Waals surface area contributed by atoms with Crippen LogP contribution in [0.3, 0.4) is 0 Å². The number of para-hydroxylation sites is 1. The molecule has 0 saturated carbocycles. The number of fused-ring (bicyclic) bond motifs is 1. The normalized spacial score (nSPS) is 34.4. The monoisotopic (exact) mass is 203 g/mol. The first kappa shape index (κ1) is 10.5. The smallest absolute Gasteiger partial charge is 0.0379 e. The van der Waals surface area contributed by atoms with Crippen molar-refractivity contribution in [3.05, 3.63) is 29.8 Å². The third kappa shape index (κ3) is 1.54. The summed E-state index contributed by atoms with van der Waals surface area (Å²) >= 11 is 0. The van der Waals surface area contributed by atoms with E-state index in [0.717, 1.165) is 0 Å². The Bertz CT molecular complexity index is 358. The van der Waals surface area contributed by atoms with Gasteiger partial charge in [0.2, 0.25) is 0 Å². The lowest BCUT2D eigenvalue weighted by Gasteiger charge is -2.45. The van der Waals surface area contributed by atoms with E-state index in [9.17, 15) is 0 Å². The van der Waals surface area contributed by atoms with Crippen LogP contribution in [0.1, 0.15) is 45.6 Å². The molecule has 0 fully saturated rings. The third-order valence-electron chi connectivity index (χ3n) is 4.36. The van der Waals surface area contributed by atoms with Crippen molar-refractivity contribution in [2.45, 2.75) is 45.6 Å². The number of hydrogen-bond acceptors (Lipinski definition) is 1. The molecule has 3 unspecified atom stereocenters. The van der Waals surface area contributed by atoms with Crippen LogP contribution in [0.4, 0.5) is 5.69 Å². The summed E-state index contributed by atoms with van der Waals surface area (Å²) in [4.78, 5) is 0. The Balaban J connectivity index is 2.45. The fourth-order valence-corrected chi connectivity index (χ4v) is 2.66. The second kappa shape index (κ2) is 3.55. The fourth-order valence-electron chi connectivity index (χ4n) is 2.66. The Labute approximate surface area is 92.9 Å². The van der Waals surface area contributed by atoms with Gasteiger partial charge in [0.1, 0.15) is 0 Å². The molecule has 0 spiro atoms. The molecule has 1 N–H and O–H groups in total. The minimum absolute atomic E-state index is 0.244. The lowest BCUT2D eigenvalue weighted by molar-refractivity contribution is 0.284. The zero-order valence-electron chi connectivity index (χ0n) is 10.2. The Morgan fingerprint density at radius 3 is 2.60 bits per heavy atom. The first-order valence-corrected chi connectivity index (χ1v) is 5.95. The van der Waals surface area contributed by atoms with Gasteiger partial charge in [-0.15, -0.1) is 0 Å². The molecule has 0 amide bonds. The number of anilines is 1.